The van der Waals surface area contributed by atoms with E-state index in [1.807, 2.05) is 30.3 Å². The van der Waals surface area contributed by atoms with Gasteiger partial charge in [-0.3, -0.25) is 14.4 Å². The van der Waals surface area contributed by atoms with Crippen molar-refractivity contribution in [2.75, 3.05) is 26.7 Å². The summed E-state index contributed by atoms with van der Waals surface area (Å²) in [5.74, 6) is -1.15. The molecule has 0 saturated carbocycles. The number of nitrogens with zero attached hydrogens (tertiary/aromatic N) is 1. The van der Waals surface area contributed by atoms with Gasteiger partial charge in [0.1, 0.15) is 0 Å². The number of hydrogen-bond acceptors (Lipinski definition) is 4. The maximum absolute atomic E-state index is 12.3. The Morgan fingerprint density at radius 2 is 2.00 bits per heavy atom. The van der Waals surface area contributed by atoms with E-state index in [9.17, 15) is 14.4 Å². The van der Waals surface area contributed by atoms with Crippen LogP contribution >= 0.6 is 0 Å². The largest absolute Gasteiger partial charge is 0.469 e. The van der Waals surface area contributed by atoms with Crippen LogP contribution in [0.15, 0.2) is 43.0 Å². The molecule has 0 spiro atoms. The Morgan fingerprint density at radius 1 is 1.29 bits per heavy atom. The summed E-state index contributed by atoms with van der Waals surface area (Å²) in [6, 6.07) is 9.66. The number of benzene rings is 1. The second-order valence-corrected chi connectivity index (χ2v) is 5.69. The molecule has 1 heterocycles. The van der Waals surface area contributed by atoms with Crippen LogP contribution in [0.4, 0.5) is 0 Å². The summed E-state index contributed by atoms with van der Waals surface area (Å²) >= 11 is 0. The highest BCUT2D eigenvalue weighted by molar-refractivity contribution is 5.87. The molecular formula is C18H22N2O4. The van der Waals surface area contributed by atoms with Crippen LogP contribution in [0.3, 0.4) is 0 Å². The van der Waals surface area contributed by atoms with Gasteiger partial charge in [-0.25, -0.2) is 0 Å². The Kier molecular flexibility index (Phi) is 6.12. The van der Waals surface area contributed by atoms with E-state index in [-0.39, 0.29) is 42.6 Å². The number of ether oxygens (including phenoxy) is 1. The van der Waals surface area contributed by atoms with Gasteiger partial charge in [-0.1, -0.05) is 36.9 Å². The number of nitrogens with one attached hydrogen (secondary N) is 1. The Bertz CT molecular complexity index is 615. The number of carbonyl (C=O) groups is 3. The van der Waals surface area contributed by atoms with Crippen LogP contribution < -0.4 is 5.32 Å². The molecule has 1 fully saturated rings. The normalized spacial score (nSPS) is 19.6. The van der Waals surface area contributed by atoms with Crippen molar-refractivity contribution in [1.29, 1.82) is 0 Å². The van der Waals surface area contributed by atoms with E-state index in [1.165, 1.54) is 13.2 Å². The van der Waals surface area contributed by atoms with Crippen LogP contribution in [0.5, 0.6) is 0 Å². The SMILES string of the molecule is C=CC(=O)NCCC(=O)N1C[C@H](c2ccccc2)[C@H](C(=O)OC)C1. The van der Waals surface area contributed by atoms with Gasteiger partial charge in [0, 0.05) is 32.0 Å². The number of methoxy groups -OCH3 is 1. The molecule has 2 atom stereocenters. The zero-order chi connectivity index (χ0) is 17.5. The molecule has 1 saturated heterocycles. The molecule has 0 radical (unpaired) electrons. The lowest BCUT2D eigenvalue weighted by atomic mass is 9.89. The Balaban J connectivity index is 2.03. The first-order valence-electron chi connectivity index (χ1n) is 7.87. The van der Waals surface area contributed by atoms with Gasteiger partial charge in [0.25, 0.3) is 0 Å². The molecule has 6 heteroatoms. The first kappa shape index (κ1) is 17.7. The fourth-order valence-corrected chi connectivity index (χ4v) is 2.96. The summed E-state index contributed by atoms with van der Waals surface area (Å²) in [7, 11) is 1.36. The van der Waals surface area contributed by atoms with Crippen LogP contribution in [-0.4, -0.2) is 49.4 Å². The van der Waals surface area contributed by atoms with Gasteiger partial charge in [-0.15, -0.1) is 0 Å². The molecule has 128 valence electrons. The molecule has 1 aliphatic rings. The summed E-state index contributed by atoms with van der Waals surface area (Å²) in [5, 5.41) is 2.58. The van der Waals surface area contributed by atoms with Gasteiger partial charge in [-0.05, 0) is 11.6 Å². The number of likely N-dealkylation sites (tertiary alicyclic amines) is 1. The molecule has 0 bridgehead atoms. The number of esters is 1. The van der Waals surface area contributed by atoms with Crippen LogP contribution in [0.1, 0.15) is 17.9 Å². The fourth-order valence-electron chi connectivity index (χ4n) is 2.96. The van der Waals surface area contributed by atoms with Gasteiger partial charge < -0.3 is 15.0 Å². The maximum Gasteiger partial charge on any atom is 0.311 e. The Hall–Kier alpha value is -2.63. The smallest absolute Gasteiger partial charge is 0.311 e. The lowest BCUT2D eigenvalue weighted by molar-refractivity contribution is -0.145. The summed E-state index contributed by atoms with van der Waals surface area (Å²) in [6.07, 6.45) is 1.36. The quantitative estimate of drug-likeness (QED) is 0.626. The predicted octanol–water partition coefficient (Wildman–Crippen LogP) is 1.09. The highest BCUT2D eigenvalue weighted by Gasteiger charge is 2.40. The van der Waals surface area contributed by atoms with Crippen molar-refractivity contribution < 1.29 is 19.1 Å². The topological polar surface area (TPSA) is 75.7 Å². The average molecular weight is 330 g/mol. The van der Waals surface area contributed by atoms with Crippen LogP contribution in [0, 0.1) is 5.92 Å². The second-order valence-electron chi connectivity index (χ2n) is 5.69. The Labute approximate surface area is 141 Å². The van der Waals surface area contributed by atoms with E-state index in [0.717, 1.165) is 5.56 Å². The third kappa shape index (κ3) is 4.22. The van der Waals surface area contributed by atoms with E-state index in [0.29, 0.717) is 13.1 Å². The molecule has 1 aromatic rings. The molecule has 0 aromatic heterocycles. The average Bonchev–Trinajstić information content (AvgIpc) is 3.07. The van der Waals surface area contributed by atoms with Crippen molar-refractivity contribution in [2.24, 2.45) is 5.92 Å². The highest BCUT2D eigenvalue weighted by atomic mass is 16.5. The zero-order valence-electron chi connectivity index (χ0n) is 13.7. The lowest BCUT2D eigenvalue weighted by Gasteiger charge is -2.16. The summed E-state index contributed by atoms with van der Waals surface area (Å²) in [5.41, 5.74) is 1.02. The van der Waals surface area contributed by atoms with Crippen LogP contribution in [0.2, 0.25) is 0 Å². The molecule has 2 amide bonds. The summed E-state index contributed by atoms with van der Waals surface area (Å²) < 4.78 is 4.90. The standard InChI is InChI=1S/C18H22N2O4/c1-3-16(21)19-10-9-17(22)20-11-14(13-7-5-4-6-8-13)15(12-20)18(23)24-2/h3-8,14-15H,1,9-12H2,2H3,(H,19,21)/t14-,15-/m1/s1. The van der Waals surface area contributed by atoms with E-state index in [4.69, 9.17) is 4.74 Å². The van der Waals surface area contributed by atoms with Crippen molar-refractivity contribution in [3.63, 3.8) is 0 Å². The number of rotatable bonds is 6. The minimum Gasteiger partial charge on any atom is -0.469 e. The van der Waals surface area contributed by atoms with Gasteiger partial charge in [0.2, 0.25) is 11.8 Å². The molecule has 2 rings (SSSR count). The van der Waals surface area contributed by atoms with Crippen molar-refractivity contribution >= 4 is 17.8 Å². The van der Waals surface area contributed by atoms with E-state index in [2.05, 4.69) is 11.9 Å². The van der Waals surface area contributed by atoms with Gasteiger partial charge in [0.05, 0.1) is 13.0 Å². The second kappa shape index (κ2) is 8.29. The zero-order valence-corrected chi connectivity index (χ0v) is 13.7. The van der Waals surface area contributed by atoms with Gasteiger partial charge in [-0.2, -0.15) is 0 Å². The fraction of sp³-hybridized carbons (Fsp3) is 0.389. The molecule has 0 aliphatic carbocycles. The van der Waals surface area contributed by atoms with Crippen molar-refractivity contribution in [1.82, 2.24) is 10.2 Å². The summed E-state index contributed by atoms with van der Waals surface area (Å²) in [6.45, 7) is 4.41. The first-order valence-corrected chi connectivity index (χ1v) is 7.87. The van der Waals surface area contributed by atoms with Crippen molar-refractivity contribution in [2.45, 2.75) is 12.3 Å². The monoisotopic (exact) mass is 330 g/mol. The van der Waals surface area contributed by atoms with E-state index >= 15 is 0 Å². The summed E-state index contributed by atoms with van der Waals surface area (Å²) in [4.78, 5) is 37.2. The molecule has 1 N–H and O–H groups in total. The van der Waals surface area contributed by atoms with Crippen LogP contribution in [-0.2, 0) is 19.1 Å². The maximum atomic E-state index is 12.3. The van der Waals surface area contributed by atoms with Gasteiger partial charge in [0.15, 0.2) is 0 Å². The van der Waals surface area contributed by atoms with Crippen molar-refractivity contribution in [3.05, 3.63) is 48.6 Å². The van der Waals surface area contributed by atoms with Crippen molar-refractivity contribution in [3.8, 4) is 0 Å². The minimum absolute atomic E-state index is 0.0784. The predicted molar refractivity (Wildman–Crippen MR) is 89.1 cm³/mol. The number of carbonyl (C=O) groups excluding carboxylic acids is 3. The minimum atomic E-state index is -0.371. The number of hydrogen-bond donors (Lipinski definition) is 1. The molecule has 1 aliphatic heterocycles. The molecule has 24 heavy (non-hydrogen) atoms. The third-order valence-electron chi connectivity index (χ3n) is 4.23. The lowest BCUT2D eigenvalue weighted by Crippen LogP contribution is -2.33. The first-order chi connectivity index (χ1) is 11.6. The van der Waals surface area contributed by atoms with Gasteiger partial charge >= 0.3 is 5.97 Å². The number of amides is 2. The van der Waals surface area contributed by atoms with Crippen LogP contribution in [0.25, 0.3) is 0 Å². The molecular weight excluding hydrogens is 308 g/mol. The molecule has 0 unspecified atom stereocenters. The third-order valence-corrected chi connectivity index (χ3v) is 4.23. The van der Waals surface area contributed by atoms with E-state index in [1.54, 1.807) is 4.90 Å². The Morgan fingerprint density at radius 3 is 2.62 bits per heavy atom. The molecule has 6 nitrogen and oxygen atoms in total. The molecule has 1 aromatic carbocycles. The van der Waals surface area contributed by atoms with E-state index < -0.39 is 0 Å². The highest BCUT2D eigenvalue weighted by Crippen LogP contribution is 2.33.